The van der Waals surface area contributed by atoms with Crippen LogP contribution in [0.5, 0.6) is 0 Å². The van der Waals surface area contributed by atoms with Gasteiger partial charge in [0.2, 0.25) is 0 Å². The Morgan fingerprint density at radius 1 is 0.613 bits per heavy atom. The maximum Gasteiger partial charge on any atom is 0.397 e. The van der Waals surface area contributed by atoms with Crippen molar-refractivity contribution in [1.29, 1.82) is 0 Å². The van der Waals surface area contributed by atoms with Crippen LogP contribution in [-0.2, 0) is 38.3 Å². The standard InChI is InChI=1S/C49H84O12S/c1-3-5-7-9-11-13-15-17-19-21-23-25-27-29-31-33-35-37-39-57-41-43(42-58-49-47(53)48(61-62(54,55)56)46(52)44(40-50)60-49)59-45(51)38-36-34-32-30-28-26-24-22-20-18-16-14-12-10-8-6-4-2/h5-8,11-14,17-20,43-44,46-50,52-53H,3-4,9-10,15-16,21-42H2,1-2H3,(H,54,55,56)/b7-5-,8-6-,13-11-,14-12-,19-17-,20-18-. The van der Waals surface area contributed by atoms with Crippen molar-refractivity contribution in [2.45, 2.75) is 205 Å². The summed E-state index contributed by atoms with van der Waals surface area (Å²) < 4.78 is 59.1. The van der Waals surface area contributed by atoms with Crippen LogP contribution in [0.4, 0.5) is 0 Å². The zero-order valence-corrected chi connectivity index (χ0v) is 39.0. The molecule has 6 unspecified atom stereocenters. The molecule has 1 rings (SSSR count). The van der Waals surface area contributed by atoms with Gasteiger partial charge in [-0.1, -0.05) is 157 Å². The van der Waals surface area contributed by atoms with E-state index in [1.807, 2.05) is 0 Å². The third-order valence-corrected chi connectivity index (χ3v) is 10.8. The highest BCUT2D eigenvalue weighted by molar-refractivity contribution is 7.80. The van der Waals surface area contributed by atoms with E-state index in [0.29, 0.717) is 13.0 Å². The van der Waals surface area contributed by atoms with E-state index in [-0.39, 0.29) is 19.6 Å². The number of rotatable bonds is 40. The van der Waals surface area contributed by atoms with Crippen molar-refractivity contribution in [2.24, 2.45) is 0 Å². The molecule has 12 nitrogen and oxygen atoms in total. The van der Waals surface area contributed by atoms with E-state index in [1.165, 1.54) is 44.9 Å². The van der Waals surface area contributed by atoms with E-state index < -0.39 is 59.8 Å². The molecule has 358 valence electrons. The second kappa shape index (κ2) is 40.1. The summed E-state index contributed by atoms with van der Waals surface area (Å²) in [5, 5.41) is 30.7. The minimum Gasteiger partial charge on any atom is -0.457 e. The maximum atomic E-state index is 12.9. The molecule has 0 saturated carbocycles. The number of allylic oxidation sites excluding steroid dienone is 12. The van der Waals surface area contributed by atoms with Gasteiger partial charge in [-0.15, -0.1) is 0 Å². The van der Waals surface area contributed by atoms with Crippen LogP contribution in [0, 0.1) is 0 Å². The van der Waals surface area contributed by atoms with Crippen LogP contribution in [0.25, 0.3) is 0 Å². The van der Waals surface area contributed by atoms with Crippen LogP contribution in [0.3, 0.4) is 0 Å². The van der Waals surface area contributed by atoms with E-state index in [1.54, 1.807) is 0 Å². The van der Waals surface area contributed by atoms with Crippen molar-refractivity contribution in [3.63, 3.8) is 0 Å². The summed E-state index contributed by atoms with van der Waals surface area (Å²) in [5.74, 6) is -0.415. The van der Waals surface area contributed by atoms with Crippen LogP contribution >= 0.6 is 0 Å². The average Bonchev–Trinajstić information content (AvgIpc) is 3.24. The van der Waals surface area contributed by atoms with E-state index >= 15 is 0 Å². The first-order valence-corrected chi connectivity index (χ1v) is 25.1. The molecule has 0 radical (unpaired) electrons. The molecule has 0 aliphatic carbocycles. The number of aliphatic hydroxyl groups excluding tert-OH is 3. The molecule has 13 heteroatoms. The Morgan fingerprint density at radius 2 is 1.06 bits per heavy atom. The second-order valence-corrected chi connectivity index (χ2v) is 17.0. The van der Waals surface area contributed by atoms with Gasteiger partial charge in [-0.05, 0) is 77.0 Å². The number of unbranched alkanes of at least 4 members (excludes halogenated alkanes) is 15. The number of carbonyl (C=O) groups excluding carboxylic acids is 1. The quantitative estimate of drug-likeness (QED) is 0.0198. The predicted molar refractivity (Wildman–Crippen MR) is 248 cm³/mol. The second-order valence-electron chi connectivity index (χ2n) is 15.9. The number of esters is 1. The third-order valence-electron chi connectivity index (χ3n) is 10.3. The van der Waals surface area contributed by atoms with Crippen molar-refractivity contribution in [3.8, 4) is 0 Å². The largest absolute Gasteiger partial charge is 0.457 e. The van der Waals surface area contributed by atoms with Crippen molar-refractivity contribution < 1.29 is 56.2 Å². The van der Waals surface area contributed by atoms with Gasteiger partial charge in [-0.25, -0.2) is 4.18 Å². The van der Waals surface area contributed by atoms with Crippen molar-refractivity contribution in [3.05, 3.63) is 72.9 Å². The molecular weight excluding hydrogens is 813 g/mol. The Hall–Kier alpha value is -2.46. The molecule has 62 heavy (non-hydrogen) atoms. The summed E-state index contributed by atoms with van der Waals surface area (Å²) >= 11 is 0. The van der Waals surface area contributed by atoms with Crippen LogP contribution < -0.4 is 0 Å². The summed E-state index contributed by atoms with van der Waals surface area (Å²) in [6.45, 7) is 3.73. The first-order valence-electron chi connectivity index (χ1n) is 23.7. The maximum absolute atomic E-state index is 12.9. The fourth-order valence-electron chi connectivity index (χ4n) is 6.82. The Kier molecular flexibility index (Phi) is 37.2. The highest BCUT2D eigenvalue weighted by atomic mass is 32.3. The van der Waals surface area contributed by atoms with Crippen LogP contribution in [0.2, 0.25) is 0 Å². The predicted octanol–water partition coefficient (Wildman–Crippen LogP) is 10.3. The molecule has 1 saturated heterocycles. The smallest absolute Gasteiger partial charge is 0.397 e. The summed E-state index contributed by atoms with van der Waals surface area (Å²) in [6, 6.07) is 0. The molecule has 0 amide bonds. The Balaban J connectivity index is 2.42. The van der Waals surface area contributed by atoms with Crippen molar-refractivity contribution in [2.75, 3.05) is 26.4 Å². The van der Waals surface area contributed by atoms with Gasteiger partial charge in [0.25, 0.3) is 0 Å². The number of ether oxygens (including phenoxy) is 4. The fraction of sp³-hybridized carbons (Fsp3) is 0.735. The zero-order valence-electron chi connectivity index (χ0n) is 38.2. The third kappa shape index (κ3) is 33.1. The molecule has 1 aliphatic heterocycles. The van der Waals surface area contributed by atoms with E-state index in [2.05, 4.69) is 90.9 Å². The van der Waals surface area contributed by atoms with Gasteiger partial charge in [0.1, 0.15) is 30.5 Å². The van der Waals surface area contributed by atoms with Crippen molar-refractivity contribution >= 4 is 16.4 Å². The highest BCUT2D eigenvalue weighted by Crippen LogP contribution is 2.26. The average molecular weight is 897 g/mol. The molecule has 0 bridgehead atoms. The zero-order chi connectivity index (χ0) is 45.4. The monoisotopic (exact) mass is 897 g/mol. The Bertz CT molecular complexity index is 1360. The molecule has 1 heterocycles. The molecular formula is C49H84O12S. The van der Waals surface area contributed by atoms with Gasteiger partial charge in [-0.3, -0.25) is 9.35 Å². The number of aliphatic hydroxyl groups is 3. The SMILES string of the molecule is CC/C=C\C/C=C\C/C=C\CCCCCCCCCCOCC(COC1OC(CO)C(O)C(OS(=O)(=O)O)C1O)OC(=O)CCCCCCCCC/C=C\C/C=C\C/C=C\CC. The van der Waals surface area contributed by atoms with Crippen molar-refractivity contribution in [1.82, 2.24) is 0 Å². The van der Waals surface area contributed by atoms with Gasteiger partial charge >= 0.3 is 16.4 Å². The Morgan fingerprint density at radius 3 is 1.55 bits per heavy atom. The van der Waals surface area contributed by atoms with Gasteiger partial charge in [0.15, 0.2) is 6.29 Å². The van der Waals surface area contributed by atoms with Gasteiger partial charge in [0.05, 0.1) is 19.8 Å². The van der Waals surface area contributed by atoms with E-state index in [9.17, 15) is 33.1 Å². The number of hydrogen-bond acceptors (Lipinski definition) is 11. The first kappa shape index (κ1) is 57.6. The lowest BCUT2D eigenvalue weighted by atomic mass is 9.99. The van der Waals surface area contributed by atoms with E-state index in [4.69, 9.17) is 18.9 Å². The topological polar surface area (TPSA) is 178 Å². The van der Waals surface area contributed by atoms with Crippen LogP contribution in [0.1, 0.15) is 168 Å². The Labute approximate surface area is 375 Å². The number of hydrogen-bond donors (Lipinski definition) is 4. The van der Waals surface area contributed by atoms with Crippen LogP contribution in [-0.4, -0.2) is 97.5 Å². The molecule has 0 aromatic carbocycles. The normalized spacial score (nSPS) is 20.6. The first-order chi connectivity index (χ1) is 30.1. The molecule has 0 aromatic rings. The molecule has 6 atom stereocenters. The molecule has 1 fully saturated rings. The van der Waals surface area contributed by atoms with Gasteiger partial charge in [-0.2, -0.15) is 8.42 Å². The molecule has 1 aliphatic rings. The number of carbonyl (C=O) groups is 1. The minimum absolute atomic E-state index is 0.0229. The summed E-state index contributed by atoms with van der Waals surface area (Å²) in [6.07, 6.45) is 42.1. The summed E-state index contributed by atoms with van der Waals surface area (Å²) in [4.78, 5) is 12.9. The van der Waals surface area contributed by atoms with Gasteiger partial charge in [0, 0.05) is 13.0 Å². The lowest BCUT2D eigenvalue weighted by molar-refractivity contribution is -0.301. The highest BCUT2D eigenvalue weighted by Gasteiger charge is 2.48. The van der Waals surface area contributed by atoms with Crippen LogP contribution in [0.15, 0.2) is 72.9 Å². The fourth-order valence-corrected chi connectivity index (χ4v) is 7.33. The summed E-state index contributed by atoms with van der Waals surface area (Å²) in [5.41, 5.74) is 0. The minimum atomic E-state index is -5.07. The lowest BCUT2D eigenvalue weighted by Crippen LogP contribution is -2.60. The summed E-state index contributed by atoms with van der Waals surface area (Å²) in [7, 11) is -5.07. The molecule has 4 N–H and O–H groups in total. The molecule has 0 aromatic heterocycles. The van der Waals surface area contributed by atoms with E-state index in [0.717, 1.165) is 96.3 Å². The molecule has 0 spiro atoms. The van der Waals surface area contributed by atoms with Gasteiger partial charge < -0.3 is 34.3 Å². The lowest BCUT2D eigenvalue weighted by Gasteiger charge is -2.41.